The second-order valence-electron chi connectivity index (χ2n) is 10.0. The Morgan fingerprint density at radius 3 is 2.50 bits per heavy atom. The molecule has 2 aromatic heterocycles. The maximum Gasteiger partial charge on any atom is 0.435 e. The van der Waals surface area contributed by atoms with Crippen LogP contribution in [0.15, 0.2) is 83.8 Å². The molecule has 8 nitrogen and oxygen atoms in total. The number of aromatic nitrogens is 3. The van der Waals surface area contributed by atoms with Crippen LogP contribution in [0, 0.1) is 5.92 Å². The van der Waals surface area contributed by atoms with E-state index in [0.717, 1.165) is 23.9 Å². The van der Waals surface area contributed by atoms with Crippen LogP contribution in [0.4, 0.5) is 18.9 Å². The van der Waals surface area contributed by atoms with Gasteiger partial charge in [-0.25, -0.2) is 4.68 Å². The molecular weight excluding hydrogens is 521 g/mol. The van der Waals surface area contributed by atoms with E-state index in [2.05, 4.69) is 10.4 Å². The number of carbonyl (C=O) groups is 1. The molecule has 2 heterocycles. The van der Waals surface area contributed by atoms with Crippen molar-refractivity contribution in [2.24, 2.45) is 17.4 Å². The third-order valence-corrected chi connectivity index (χ3v) is 7.13. The van der Waals surface area contributed by atoms with Crippen molar-refractivity contribution in [3.05, 3.63) is 112 Å². The van der Waals surface area contributed by atoms with Crippen molar-refractivity contribution in [3.63, 3.8) is 0 Å². The summed E-state index contributed by atoms with van der Waals surface area (Å²) in [5.41, 5.74) is 11.5. The Hall–Kier alpha value is -4.22. The third kappa shape index (κ3) is 5.70. The summed E-state index contributed by atoms with van der Waals surface area (Å²) < 4.78 is 43.2. The van der Waals surface area contributed by atoms with Crippen LogP contribution in [0.3, 0.4) is 0 Å². The standard InChI is InChI=1S/C29H29F3N6O2/c30-29(31,32)25-17-24(38(36-25)23-8-3-5-20(15-23)18-33)27(40)35-22-7-4-6-21(16-22)28(34,13-12-19-10-11-19)37-14-2-1-9-26(37)39/h1-9,14-17,19H,10-13,18,33-34H2,(H,35,40). The number of alkyl halides is 3. The first-order chi connectivity index (χ1) is 19.1. The van der Waals surface area contributed by atoms with Gasteiger partial charge in [-0.1, -0.05) is 43.2 Å². The van der Waals surface area contributed by atoms with Gasteiger partial charge in [0.25, 0.3) is 11.5 Å². The van der Waals surface area contributed by atoms with E-state index in [4.69, 9.17) is 11.5 Å². The first-order valence-corrected chi connectivity index (χ1v) is 12.9. The fourth-order valence-electron chi connectivity index (χ4n) is 4.75. The molecule has 1 aliphatic rings. The molecule has 2 aromatic carbocycles. The molecule has 1 aliphatic carbocycles. The molecule has 5 rings (SSSR count). The molecule has 1 unspecified atom stereocenters. The van der Waals surface area contributed by atoms with E-state index in [-0.39, 0.29) is 23.5 Å². The minimum absolute atomic E-state index is 0.168. The number of hydrogen-bond donors (Lipinski definition) is 3. The van der Waals surface area contributed by atoms with Gasteiger partial charge in [0.1, 0.15) is 11.4 Å². The number of amides is 1. The predicted octanol–water partition coefficient (Wildman–Crippen LogP) is 4.61. The summed E-state index contributed by atoms with van der Waals surface area (Å²) in [5.74, 6) is -0.234. The molecule has 0 saturated heterocycles. The Kier molecular flexibility index (Phi) is 7.35. The van der Waals surface area contributed by atoms with E-state index in [1.54, 1.807) is 66.9 Å². The summed E-state index contributed by atoms with van der Waals surface area (Å²) in [5, 5.41) is 6.36. The zero-order chi connectivity index (χ0) is 28.5. The highest BCUT2D eigenvalue weighted by molar-refractivity contribution is 6.03. The van der Waals surface area contributed by atoms with E-state index in [1.807, 2.05) is 0 Å². The maximum absolute atomic E-state index is 13.6. The van der Waals surface area contributed by atoms with Crippen molar-refractivity contribution in [2.45, 2.75) is 44.1 Å². The molecule has 11 heteroatoms. The Labute approximate surface area is 228 Å². The SMILES string of the molecule is NCc1cccc(-n2nc(C(F)(F)F)cc2C(=O)Nc2cccc(C(N)(CCC3CC3)n3ccccc3=O)c2)c1. The molecule has 1 fully saturated rings. The minimum Gasteiger partial charge on any atom is -0.326 e. The van der Waals surface area contributed by atoms with Gasteiger partial charge >= 0.3 is 6.18 Å². The fourth-order valence-corrected chi connectivity index (χ4v) is 4.75. The lowest BCUT2D eigenvalue weighted by Gasteiger charge is -2.33. The van der Waals surface area contributed by atoms with Crippen molar-refractivity contribution in [1.82, 2.24) is 14.3 Å². The molecule has 1 atom stereocenters. The predicted molar refractivity (Wildman–Crippen MR) is 145 cm³/mol. The van der Waals surface area contributed by atoms with Crippen LogP contribution in [-0.4, -0.2) is 20.3 Å². The highest BCUT2D eigenvalue weighted by Gasteiger charge is 2.37. The number of nitrogens with zero attached hydrogens (tertiary/aromatic N) is 3. The zero-order valence-electron chi connectivity index (χ0n) is 21.6. The number of nitrogens with one attached hydrogen (secondary N) is 1. The normalized spacial score (nSPS) is 15.0. The summed E-state index contributed by atoms with van der Waals surface area (Å²) in [6, 6.07) is 18.7. The van der Waals surface area contributed by atoms with E-state index in [0.29, 0.717) is 35.2 Å². The summed E-state index contributed by atoms with van der Waals surface area (Å²) >= 11 is 0. The van der Waals surface area contributed by atoms with Crippen molar-refractivity contribution in [3.8, 4) is 5.69 Å². The number of anilines is 1. The number of carbonyl (C=O) groups excluding carboxylic acids is 1. The van der Waals surface area contributed by atoms with E-state index in [9.17, 15) is 22.8 Å². The lowest BCUT2D eigenvalue weighted by molar-refractivity contribution is -0.141. The van der Waals surface area contributed by atoms with Crippen LogP contribution in [0.5, 0.6) is 0 Å². The fraction of sp³-hybridized carbons (Fsp3) is 0.276. The number of benzene rings is 2. The number of nitrogens with two attached hydrogens (primary N) is 2. The van der Waals surface area contributed by atoms with Gasteiger partial charge in [-0.2, -0.15) is 18.3 Å². The smallest absolute Gasteiger partial charge is 0.326 e. The van der Waals surface area contributed by atoms with Crippen LogP contribution in [-0.2, 0) is 18.4 Å². The lowest BCUT2D eigenvalue weighted by Crippen LogP contribution is -2.49. The van der Waals surface area contributed by atoms with Gasteiger partial charge < -0.3 is 16.8 Å². The average Bonchev–Trinajstić information content (AvgIpc) is 3.66. The highest BCUT2D eigenvalue weighted by Crippen LogP contribution is 2.38. The molecule has 0 aliphatic heterocycles. The highest BCUT2D eigenvalue weighted by atomic mass is 19.4. The Morgan fingerprint density at radius 1 is 1.02 bits per heavy atom. The van der Waals surface area contributed by atoms with Gasteiger partial charge in [-0.3, -0.25) is 14.2 Å². The first kappa shape index (κ1) is 27.4. The van der Waals surface area contributed by atoms with E-state index < -0.39 is 23.4 Å². The molecule has 5 N–H and O–H groups in total. The van der Waals surface area contributed by atoms with Gasteiger partial charge in [0.2, 0.25) is 0 Å². The first-order valence-electron chi connectivity index (χ1n) is 12.9. The molecular formula is C29H29F3N6O2. The monoisotopic (exact) mass is 550 g/mol. The number of halogens is 3. The summed E-state index contributed by atoms with van der Waals surface area (Å²) in [7, 11) is 0. The number of rotatable bonds is 9. The summed E-state index contributed by atoms with van der Waals surface area (Å²) in [6.45, 7) is 0.168. The van der Waals surface area contributed by atoms with Crippen molar-refractivity contribution >= 4 is 11.6 Å². The van der Waals surface area contributed by atoms with Crippen LogP contribution in [0.2, 0.25) is 0 Å². The second-order valence-corrected chi connectivity index (χ2v) is 10.0. The average molecular weight is 551 g/mol. The third-order valence-electron chi connectivity index (χ3n) is 7.13. The molecule has 40 heavy (non-hydrogen) atoms. The zero-order valence-corrected chi connectivity index (χ0v) is 21.6. The van der Waals surface area contributed by atoms with Crippen LogP contribution >= 0.6 is 0 Å². The Morgan fingerprint density at radius 2 is 1.80 bits per heavy atom. The summed E-state index contributed by atoms with van der Waals surface area (Å²) in [4.78, 5) is 26.1. The van der Waals surface area contributed by atoms with Crippen molar-refractivity contribution in [1.29, 1.82) is 0 Å². The van der Waals surface area contributed by atoms with E-state index >= 15 is 0 Å². The van der Waals surface area contributed by atoms with Crippen LogP contribution < -0.4 is 22.3 Å². The molecule has 0 spiro atoms. The largest absolute Gasteiger partial charge is 0.435 e. The van der Waals surface area contributed by atoms with Gasteiger partial charge in [0.05, 0.1) is 5.69 Å². The Bertz CT molecular complexity index is 1590. The molecule has 0 bridgehead atoms. The second kappa shape index (κ2) is 10.7. The maximum atomic E-state index is 13.6. The lowest BCUT2D eigenvalue weighted by atomic mass is 9.92. The minimum atomic E-state index is -4.75. The van der Waals surface area contributed by atoms with Crippen LogP contribution in [0.25, 0.3) is 5.69 Å². The van der Waals surface area contributed by atoms with E-state index in [1.165, 1.54) is 10.6 Å². The molecule has 4 aromatic rings. The molecule has 1 saturated carbocycles. The van der Waals surface area contributed by atoms with Crippen molar-refractivity contribution < 1.29 is 18.0 Å². The van der Waals surface area contributed by atoms with Gasteiger partial charge in [-0.05, 0) is 60.2 Å². The van der Waals surface area contributed by atoms with Gasteiger partial charge in [-0.15, -0.1) is 0 Å². The number of hydrogen-bond acceptors (Lipinski definition) is 5. The molecule has 1 amide bonds. The number of pyridine rings is 1. The topological polar surface area (TPSA) is 121 Å². The quantitative estimate of drug-likeness (QED) is 0.281. The summed E-state index contributed by atoms with van der Waals surface area (Å²) in [6.07, 6.45) is 0.450. The van der Waals surface area contributed by atoms with Crippen LogP contribution in [0.1, 0.15) is 53.0 Å². The van der Waals surface area contributed by atoms with Crippen molar-refractivity contribution in [2.75, 3.05) is 5.32 Å². The Balaban J connectivity index is 1.50. The molecule has 0 radical (unpaired) electrons. The molecule has 208 valence electrons. The van der Waals surface area contributed by atoms with Gasteiger partial charge in [0.15, 0.2) is 5.69 Å². The van der Waals surface area contributed by atoms with Gasteiger partial charge in [0, 0.05) is 30.6 Å².